The van der Waals surface area contributed by atoms with Gasteiger partial charge in [-0.15, -0.1) is 5.10 Å². The van der Waals surface area contributed by atoms with E-state index in [-0.39, 0.29) is 12.5 Å². The molecule has 0 aliphatic heterocycles. The first kappa shape index (κ1) is 10.6. The van der Waals surface area contributed by atoms with Gasteiger partial charge < -0.3 is 5.32 Å². The molecule has 82 valence electrons. The Morgan fingerprint density at radius 2 is 2.38 bits per heavy atom. The van der Waals surface area contributed by atoms with Crippen LogP contribution in [0.4, 0.5) is 5.82 Å². The predicted octanol–water partition coefficient (Wildman–Crippen LogP) is 0.965. The molecule has 1 N–H and O–H groups in total. The first-order valence-electron chi connectivity index (χ1n) is 4.50. The zero-order valence-corrected chi connectivity index (χ0v) is 8.92. The second-order valence-corrected chi connectivity index (χ2v) is 3.38. The van der Waals surface area contributed by atoms with Crippen molar-refractivity contribution in [2.24, 2.45) is 0 Å². The molecule has 0 spiro atoms. The predicted molar refractivity (Wildman–Crippen MR) is 57.9 cm³/mol. The normalized spacial score (nSPS) is 10.1. The van der Waals surface area contributed by atoms with Gasteiger partial charge in [0.2, 0.25) is 5.91 Å². The van der Waals surface area contributed by atoms with Gasteiger partial charge in [0.15, 0.2) is 0 Å². The molecule has 0 aliphatic rings. The third-order valence-electron chi connectivity index (χ3n) is 1.76. The number of anilines is 1. The Morgan fingerprint density at radius 1 is 1.50 bits per heavy atom. The van der Waals surface area contributed by atoms with Crippen LogP contribution in [0.5, 0.6) is 0 Å². The molecule has 7 heteroatoms. The van der Waals surface area contributed by atoms with E-state index in [1.54, 1.807) is 24.4 Å². The number of rotatable bonds is 3. The molecule has 0 aromatic carbocycles. The highest BCUT2D eigenvalue weighted by molar-refractivity contribution is 6.29. The van der Waals surface area contributed by atoms with Crippen LogP contribution in [-0.4, -0.2) is 25.9 Å². The lowest BCUT2D eigenvalue weighted by Crippen LogP contribution is -2.19. The summed E-state index contributed by atoms with van der Waals surface area (Å²) in [5, 5.41) is 10.2. The average Bonchev–Trinajstić information content (AvgIpc) is 2.70. The molecule has 2 aromatic heterocycles. The number of hydrogen-bond donors (Lipinski definition) is 1. The van der Waals surface area contributed by atoms with E-state index in [0.29, 0.717) is 11.0 Å². The van der Waals surface area contributed by atoms with Crippen LogP contribution in [0.25, 0.3) is 0 Å². The van der Waals surface area contributed by atoms with Crippen molar-refractivity contribution >= 4 is 23.3 Å². The van der Waals surface area contributed by atoms with Crippen LogP contribution < -0.4 is 5.32 Å². The second kappa shape index (κ2) is 4.71. The Bertz CT molecular complexity index is 484. The highest BCUT2D eigenvalue weighted by Crippen LogP contribution is 2.08. The summed E-state index contributed by atoms with van der Waals surface area (Å²) >= 11 is 5.68. The average molecular weight is 238 g/mol. The van der Waals surface area contributed by atoms with Crippen LogP contribution in [-0.2, 0) is 11.3 Å². The fraction of sp³-hybridized carbons (Fsp3) is 0.111. The molecule has 6 nitrogen and oxygen atoms in total. The number of nitrogens with one attached hydrogen (secondary N) is 1. The number of aromatic nitrogens is 4. The summed E-state index contributed by atoms with van der Waals surface area (Å²) in [6, 6.07) is 5.00. The van der Waals surface area contributed by atoms with E-state index in [0.717, 1.165) is 0 Å². The van der Waals surface area contributed by atoms with Gasteiger partial charge in [-0.1, -0.05) is 22.9 Å². The minimum Gasteiger partial charge on any atom is -0.309 e. The van der Waals surface area contributed by atoms with Gasteiger partial charge in [-0.25, -0.2) is 9.67 Å². The summed E-state index contributed by atoms with van der Waals surface area (Å²) in [6.45, 7) is 0.0915. The zero-order chi connectivity index (χ0) is 11.4. The highest BCUT2D eigenvalue weighted by Gasteiger charge is 2.04. The molecule has 0 bridgehead atoms. The van der Waals surface area contributed by atoms with Crippen molar-refractivity contribution in [3.05, 3.63) is 35.7 Å². The monoisotopic (exact) mass is 237 g/mol. The van der Waals surface area contributed by atoms with E-state index < -0.39 is 0 Å². The molecular formula is C9H8ClN5O. The van der Waals surface area contributed by atoms with Crippen LogP contribution >= 0.6 is 11.6 Å². The number of pyridine rings is 1. The molecule has 0 saturated heterocycles. The van der Waals surface area contributed by atoms with Crippen LogP contribution in [0.1, 0.15) is 0 Å². The van der Waals surface area contributed by atoms with E-state index in [1.165, 1.54) is 10.9 Å². The zero-order valence-electron chi connectivity index (χ0n) is 8.17. The van der Waals surface area contributed by atoms with Crippen molar-refractivity contribution < 1.29 is 4.79 Å². The minimum atomic E-state index is -0.236. The molecule has 2 heterocycles. The van der Waals surface area contributed by atoms with Crippen molar-refractivity contribution in [2.75, 3.05) is 5.32 Å². The molecule has 0 radical (unpaired) electrons. The number of carbonyl (C=O) groups excluding carboxylic acids is 1. The lowest BCUT2D eigenvalue weighted by atomic mass is 10.4. The Balaban J connectivity index is 1.97. The van der Waals surface area contributed by atoms with Gasteiger partial charge in [-0.3, -0.25) is 4.79 Å². The summed E-state index contributed by atoms with van der Waals surface area (Å²) in [5.74, 6) is 0.179. The van der Waals surface area contributed by atoms with Gasteiger partial charge in [0, 0.05) is 6.20 Å². The quantitative estimate of drug-likeness (QED) is 0.808. The Labute approximate surface area is 96.2 Å². The van der Waals surface area contributed by atoms with Crippen molar-refractivity contribution in [3.63, 3.8) is 0 Å². The molecule has 0 saturated carbocycles. The summed E-state index contributed by atoms with van der Waals surface area (Å²) in [5.41, 5.74) is 0. The maximum atomic E-state index is 11.5. The van der Waals surface area contributed by atoms with Crippen molar-refractivity contribution in [1.29, 1.82) is 0 Å². The van der Waals surface area contributed by atoms with E-state index in [2.05, 4.69) is 20.6 Å². The third-order valence-corrected chi connectivity index (χ3v) is 1.97. The molecule has 16 heavy (non-hydrogen) atoms. The first-order chi connectivity index (χ1) is 7.74. The molecule has 0 atom stereocenters. The SMILES string of the molecule is O=C(Cn1ccnn1)Nc1cccc(Cl)n1. The minimum absolute atomic E-state index is 0.0915. The molecule has 0 unspecified atom stereocenters. The standard InChI is InChI=1S/C9H8ClN5O/c10-7-2-1-3-8(12-7)13-9(16)6-15-5-4-11-14-15/h1-5H,6H2,(H,12,13,16). The lowest BCUT2D eigenvalue weighted by Gasteiger charge is -2.03. The van der Waals surface area contributed by atoms with E-state index >= 15 is 0 Å². The fourth-order valence-electron chi connectivity index (χ4n) is 1.12. The topological polar surface area (TPSA) is 72.7 Å². The molecule has 2 aromatic rings. The Kier molecular flexibility index (Phi) is 3.11. The largest absolute Gasteiger partial charge is 0.309 e. The van der Waals surface area contributed by atoms with Gasteiger partial charge in [0.1, 0.15) is 17.5 Å². The fourth-order valence-corrected chi connectivity index (χ4v) is 1.29. The number of carbonyl (C=O) groups is 1. The maximum Gasteiger partial charge on any atom is 0.247 e. The van der Waals surface area contributed by atoms with Crippen molar-refractivity contribution in [3.8, 4) is 0 Å². The van der Waals surface area contributed by atoms with Gasteiger partial charge >= 0.3 is 0 Å². The smallest absolute Gasteiger partial charge is 0.247 e. The van der Waals surface area contributed by atoms with Crippen molar-refractivity contribution in [2.45, 2.75) is 6.54 Å². The van der Waals surface area contributed by atoms with E-state index in [9.17, 15) is 4.79 Å². The third kappa shape index (κ3) is 2.77. The summed E-state index contributed by atoms with van der Waals surface area (Å²) in [7, 11) is 0. The van der Waals surface area contributed by atoms with Crippen LogP contribution in [0.3, 0.4) is 0 Å². The van der Waals surface area contributed by atoms with Crippen LogP contribution in [0.15, 0.2) is 30.6 Å². The van der Waals surface area contributed by atoms with Crippen molar-refractivity contribution in [1.82, 2.24) is 20.0 Å². The van der Waals surface area contributed by atoms with Crippen LogP contribution in [0, 0.1) is 0 Å². The molecule has 0 aliphatic carbocycles. The highest BCUT2D eigenvalue weighted by atomic mass is 35.5. The first-order valence-corrected chi connectivity index (χ1v) is 4.88. The molecule has 1 amide bonds. The number of amides is 1. The van der Waals surface area contributed by atoms with Gasteiger partial charge in [0.25, 0.3) is 0 Å². The molecule has 2 rings (SSSR count). The second-order valence-electron chi connectivity index (χ2n) is 2.99. The maximum absolute atomic E-state index is 11.5. The summed E-state index contributed by atoms with van der Waals surface area (Å²) in [6.07, 6.45) is 3.11. The van der Waals surface area contributed by atoms with Gasteiger partial charge in [-0.05, 0) is 12.1 Å². The van der Waals surface area contributed by atoms with E-state index in [1.807, 2.05) is 0 Å². The van der Waals surface area contributed by atoms with Gasteiger partial charge in [0.05, 0.1) is 6.20 Å². The molecular weight excluding hydrogens is 230 g/mol. The number of nitrogens with zero attached hydrogens (tertiary/aromatic N) is 4. The summed E-state index contributed by atoms with van der Waals surface area (Å²) in [4.78, 5) is 15.4. The lowest BCUT2D eigenvalue weighted by molar-refractivity contribution is -0.116. The number of halogens is 1. The van der Waals surface area contributed by atoms with E-state index in [4.69, 9.17) is 11.6 Å². The molecule has 0 fully saturated rings. The van der Waals surface area contributed by atoms with Crippen LogP contribution in [0.2, 0.25) is 5.15 Å². The summed E-state index contributed by atoms with van der Waals surface area (Å²) < 4.78 is 1.42. The van der Waals surface area contributed by atoms with Gasteiger partial charge in [-0.2, -0.15) is 0 Å². The Hall–Kier alpha value is -1.95. The number of hydrogen-bond acceptors (Lipinski definition) is 4. The Morgan fingerprint density at radius 3 is 3.06 bits per heavy atom.